The van der Waals surface area contributed by atoms with Gasteiger partial charge >= 0.3 is 0 Å². The van der Waals surface area contributed by atoms with Gasteiger partial charge in [-0.3, -0.25) is 0 Å². The molecule has 1 aliphatic carbocycles. The number of rotatable bonds is 1. The van der Waals surface area contributed by atoms with Gasteiger partial charge in [-0.15, -0.1) is 0 Å². The average molecular weight is 258 g/mol. The average Bonchev–Trinajstić information content (AvgIpc) is 2.44. The quantitative estimate of drug-likeness (QED) is 0.706. The maximum Gasteiger partial charge on any atom is 0.108 e. The monoisotopic (exact) mass is 258 g/mol. The normalized spacial score (nSPS) is 28.1. The minimum atomic E-state index is -0.763. The first-order chi connectivity index (χ1) is 9.31. The zero-order valence-corrected chi connectivity index (χ0v) is 11.9. The van der Waals surface area contributed by atoms with Crippen LogP contribution in [0.15, 0.2) is 42.5 Å². The van der Waals surface area contributed by atoms with Crippen molar-refractivity contribution in [2.75, 3.05) is 0 Å². The SMILES string of the molecule is OC1(c2ccccc2)/C=C/CCCCCCCCC1. The lowest BCUT2D eigenvalue weighted by Crippen LogP contribution is -2.22. The Hall–Kier alpha value is -1.08. The van der Waals surface area contributed by atoms with Crippen molar-refractivity contribution < 1.29 is 5.11 Å². The highest BCUT2D eigenvalue weighted by Crippen LogP contribution is 2.30. The van der Waals surface area contributed by atoms with E-state index in [4.69, 9.17) is 0 Å². The second kappa shape index (κ2) is 7.49. The Kier molecular flexibility index (Phi) is 5.65. The summed E-state index contributed by atoms with van der Waals surface area (Å²) in [7, 11) is 0. The maximum absolute atomic E-state index is 10.9. The first-order valence-corrected chi connectivity index (χ1v) is 7.77. The molecule has 1 aromatic rings. The smallest absolute Gasteiger partial charge is 0.108 e. The van der Waals surface area contributed by atoms with Crippen LogP contribution in [-0.4, -0.2) is 5.11 Å². The van der Waals surface area contributed by atoms with E-state index in [-0.39, 0.29) is 0 Å². The van der Waals surface area contributed by atoms with Crippen molar-refractivity contribution in [2.24, 2.45) is 0 Å². The third-order valence-corrected chi connectivity index (χ3v) is 4.10. The fourth-order valence-corrected chi connectivity index (χ4v) is 2.87. The Balaban J connectivity index is 2.11. The van der Waals surface area contributed by atoms with Gasteiger partial charge in [0.1, 0.15) is 5.60 Å². The Morgan fingerprint density at radius 2 is 1.42 bits per heavy atom. The van der Waals surface area contributed by atoms with Crippen LogP contribution in [0.25, 0.3) is 0 Å². The lowest BCUT2D eigenvalue weighted by molar-refractivity contribution is 0.0759. The molecule has 0 aromatic heterocycles. The molecule has 1 heteroatoms. The van der Waals surface area contributed by atoms with E-state index in [9.17, 15) is 5.11 Å². The van der Waals surface area contributed by atoms with E-state index in [2.05, 4.69) is 6.08 Å². The lowest BCUT2D eigenvalue weighted by atomic mass is 9.87. The van der Waals surface area contributed by atoms with E-state index < -0.39 is 5.60 Å². The van der Waals surface area contributed by atoms with Crippen molar-refractivity contribution in [3.63, 3.8) is 0 Å². The van der Waals surface area contributed by atoms with Crippen LogP contribution < -0.4 is 0 Å². The third-order valence-electron chi connectivity index (χ3n) is 4.10. The van der Waals surface area contributed by atoms with E-state index in [1.165, 1.54) is 38.5 Å². The van der Waals surface area contributed by atoms with E-state index in [0.717, 1.165) is 24.8 Å². The van der Waals surface area contributed by atoms with E-state index >= 15 is 0 Å². The summed E-state index contributed by atoms with van der Waals surface area (Å²) in [5, 5.41) is 10.9. The van der Waals surface area contributed by atoms with Gasteiger partial charge in [-0.25, -0.2) is 0 Å². The van der Waals surface area contributed by atoms with E-state index in [1.54, 1.807) is 0 Å². The molecule has 0 radical (unpaired) electrons. The van der Waals surface area contributed by atoms with Crippen molar-refractivity contribution in [1.29, 1.82) is 0 Å². The Morgan fingerprint density at radius 3 is 2.16 bits per heavy atom. The molecule has 0 amide bonds. The second-order valence-corrected chi connectivity index (χ2v) is 5.71. The summed E-state index contributed by atoms with van der Waals surface area (Å²) in [6.07, 6.45) is 15.1. The summed E-state index contributed by atoms with van der Waals surface area (Å²) >= 11 is 0. The van der Waals surface area contributed by atoms with Crippen molar-refractivity contribution in [1.82, 2.24) is 0 Å². The number of allylic oxidation sites excluding steroid dienone is 1. The molecule has 1 aromatic carbocycles. The lowest BCUT2D eigenvalue weighted by Gasteiger charge is -2.25. The fourth-order valence-electron chi connectivity index (χ4n) is 2.87. The van der Waals surface area contributed by atoms with Gasteiger partial charge in [0.25, 0.3) is 0 Å². The Labute approximate surface area is 117 Å². The molecule has 0 fully saturated rings. The standard InChI is InChI=1S/C18H26O/c19-18(17-13-9-8-10-14-17)15-11-6-4-2-1-3-5-7-12-16-18/h8-11,13-15,19H,1-7,12,16H2/b15-11+. The second-order valence-electron chi connectivity index (χ2n) is 5.71. The molecule has 0 spiro atoms. The summed E-state index contributed by atoms with van der Waals surface area (Å²) in [6, 6.07) is 10.1. The van der Waals surface area contributed by atoms with Gasteiger partial charge < -0.3 is 5.11 Å². The highest BCUT2D eigenvalue weighted by atomic mass is 16.3. The van der Waals surface area contributed by atoms with Gasteiger partial charge in [0.15, 0.2) is 0 Å². The van der Waals surface area contributed by atoms with Crippen LogP contribution in [0.2, 0.25) is 0 Å². The first-order valence-electron chi connectivity index (χ1n) is 7.77. The van der Waals surface area contributed by atoms with Crippen molar-refractivity contribution in [3.05, 3.63) is 48.0 Å². The van der Waals surface area contributed by atoms with Gasteiger partial charge in [-0.1, -0.05) is 74.6 Å². The number of hydrogen-bond donors (Lipinski definition) is 1. The molecule has 1 atom stereocenters. The molecule has 0 heterocycles. The zero-order valence-electron chi connectivity index (χ0n) is 11.9. The molecule has 19 heavy (non-hydrogen) atoms. The predicted molar refractivity (Wildman–Crippen MR) is 81.0 cm³/mol. The van der Waals surface area contributed by atoms with Gasteiger partial charge in [0.05, 0.1) is 0 Å². The number of aliphatic hydroxyl groups is 1. The van der Waals surface area contributed by atoms with Crippen LogP contribution in [0.1, 0.15) is 63.4 Å². The topological polar surface area (TPSA) is 20.2 Å². The Bertz CT molecular complexity index is 382. The molecule has 2 rings (SSSR count). The highest BCUT2D eigenvalue weighted by molar-refractivity contribution is 5.27. The fraction of sp³-hybridized carbons (Fsp3) is 0.556. The molecule has 104 valence electrons. The molecular formula is C18H26O. The molecule has 1 aliphatic rings. The minimum absolute atomic E-state index is 0.763. The van der Waals surface area contributed by atoms with Crippen LogP contribution in [0.5, 0.6) is 0 Å². The molecule has 1 unspecified atom stereocenters. The van der Waals surface area contributed by atoms with Crippen LogP contribution in [0.4, 0.5) is 0 Å². The maximum atomic E-state index is 10.9. The van der Waals surface area contributed by atoms with Crippen LogP contribution in [0, 0.1) is 0 Å². The van der Waals surface area contributed by atoms with E-state index in [1.807, 2.05) is 36.4 Å². The molecule has 0 saturated carbocycles. The first kappa shape index (κ1) is 14.3. The summed E-state index contributed by atoms with van der Waals surface area (Å²) in [6.45, 7) is 0. The van der Waals surface area contributed by atoms with Gasteiger partial charge in [-0.2, -0.15) is 0 Å². The molecule has 1 nitrogen and oxygen atoms in total. The van der Waals surface area contributed by atoms with Crippen LogP contribution >= 0.6 is 0 Å². The summed E-state index contributed by atoms with van der Waals surface area (Å²) in [4.78, 5) is 0. The highest BCUT2D eigenvalue weighted by Gasteiger charge is 2.25. The zero-order chi connectivity index (χ0) is 13.4. The van der Waals surface area contributed by atoms with Crippen molar-refractivity contribution in [3.8, 4) is 0 Å². The van der Waals surface area contributed by atoms with Gasteiger partial charge in [0.2, 0.25) is 0 Å². The molecule has 0 saturated heterocycles. The van der Waals surface area contributed by atoms with E-state index in [0.29, 0.717) is 0 Å². The number of benzene rings is 1. The number of hydrogen-bond acceptors (Lipinski definition) is 1. The Morgan fingerprint density at radius 1 is 0.789 bits per heavy atom. The van der Waals surface area contributed by atoms with Gasteiger partial charge in [0, 0.05) is 0 Å². The predicted octanol–water partition coefficient (Wildman–Crippen LogP) is 4.95. The molecule has 0 bridgehead atoms. The van der Waals surface area contributed by atoms with Crippen LogP contribution in [0.3, 0.4) is 0 Å². The summed E-state index contributed by atoms with van der Waals surface area (Å²) in [5.41, 5.74) is 0.267. The summed E-state index contributed by atoms with van der Waals surface area (Å²) in [5.74, 6) is 0. The summed E-state index contributed by atoms with van der Waals surface area (Å²) < 4.78 is 0. The molecule has 1 N–H and O–H groups in total. The minimum Gasteiger partial charge on any atom is -0.381 e. The largest absolute Gasteiger partial charge is 0.381 e. The molecule has 0 aliphatic heterocycles. The molecular weight excluding hydrogens is 232 g/mol. The van der Waals surface area contributed by atoms with Gasteiger partial charge in [-0.05, 0) is 31.2 Å². The van der Waals surface area contributed by atoms with Crippen molar-refractivity contribution >= 4 is 0 Å². The van der Waals surface area contributed by atoms with Crippen LogP contribution in [-0.2, 0) is 5.60 Å². The third kappa shape index (κ3) is 4.50. The van der Waals surface area contributed by atoms with Crippen molar-refractivity contribution in [2.45, 2.75) is 63.4 Å².